The molecule has 54 valence electrons. The fraction of sp³-hybridized carbons (Fsp3) is 1.00. The van der Waals surface area contributed by atoms with Crippen LogP contribution in [0.1, 0.15) is 32.6 Å². The van der Waals surface area contributed by atoms with Crippen molar-refractivity contribution < 1.29 is 0 Å². The normalized spacial score (nSPS) is 23.3. The Morgan fingerprint density at radius 3 is 2.22 bits per heavy atom. The number of nitrogens with one attached hydrogen (secondary N) is 1. The lowest BCUT2D eigenvalue weighted by atomic mass is 9.67. The van der Waals surface area contributed by atoms with E-state index < -0.39 is 0 Å². The summed E-state index contributed by atoms with van der Waals surface area (Å²) in [7, 11) is 2.05. The molecule has 1 N–H and O–H groups in total. The minimum absolute atomic E-state index is 0.703. The molecule has 0 aromatic rings. The third-order valence-corrected chi connectivity index (χ3v) is 2.72. The van der Waals surface area contributed by atoms with Crippen molar-refractivity contribution in [1.82, 2.24) is 5.32 Å². The van der Waals surface area contributed by atoms with E-state index >= 15 is 0 Å². The van der Waals surface area contributed by atoms with Crippen molar-refractivity contribution in [2.75, 3.05) is 13.6 Å². The van der Waals surface area contributed by atoms with E-state index in [-0.39, 0.29) is 0 Å². The van der Waals surface area contributed by atoms with Gasteiger partial charge in [0.05, 0.1) is 0 Å². The van der Waals surface area contributed by atoms with Gasteiger partial charge in [0.25, 0.3) is 0 Å². The summed E-state index contributed by atoms with van der Waals surface area (Å²) < 4.78 is 0. The van der Waals surface area contributed by atoms with Gasteiger partial charge in [-0.05, 0) is 31.7 Å². The second-order valence-corrected chi connectivity index (χ2v) is 3.24. The van der Waals surface area contributed by atoms with Gasteiger partial charge in [0.15, 0.2) is 0 Å². The molecule has 0 atom stereocenters. The van der Waals surface area contributed by atoms with Crippen molar-refractivity contribution in [2.24, 2.45) is 5.41 Å². The maximum Gasteiger partial charge on any atom is 0.000470 e. The van der Waals surface area contributed by atoms with Crippen LogP contribution in [-0.2, 0) is 0 Å². The Bertz CT molecular complexity index is 79.1. The average Bonchev–Trinajstić information content (AvgIpc) is 1.79. The van der Waals surface area contributed by atoms with Crippen molar-refractivity contribution in [2.45, 2.75) is 32.6 Å². The van der Waals surface area contributed by atoms with Crippen LogP contribution in [0.3, 0.4) is 0 Å². The largest absolute Gasteiger partial charge is 0.319 e. The van der Waals surface area contributed by atoms with E-state index in [1.165, 1.54) is 32.2 Å². The Morgan fingerprint density at radius 2 is 2.11 bits per heavy atom. The van der Waals surface area contributed by atoms with E-state index in [0.29, 0.717) is 5.41 Å². The van der Waals surface area contributed by atoms with Crippen LogP contribution in [0.15, 0.2) is 0 Å². The van der Waals surface area contributed by atoms with Crippen molar-refractivity contribution in [3.63, 3.8) is 0 Å². The zero-order chi connectivity index (χ0) is 6.74. The van der Waals surface area contributed by atoms with Gasteiger partial charge in [0.2, 0.25) is 0 Å². The first-order valence-electron chi connectivity index (χ1n) is 3.97. The Labute approximate surface area is 57.8 Å². The second-order valence-electron chi connectivity index (χ2n) is 3.24. The fourth-order valence-electron chi connectivity index (χ4n) is 1.71. The SMILES string of the molecule is CCC1(CNC)CCC1. The summed E-state index contributed by atoms with van der Waals surface area (Å²) in [4.78, 5) is 0. The van der Waals surface area contributed by atoms with Crippen LogP contribution in [-0.4, -0.2) is 13.6 Å². The lowest BCUT2D eigenvalue weighted by Gasteiger charge is -2.41. The Balaban J connectivity index is 2.28. The molecule has 0 bridgehead atoms. The van der Waals surface area contributed by atoms with Crippen LogP contribution in [0.4, 0.5) is 0 Å². The summed E-state index contributed by atoms with van der Waals surface area (Å²) in [5.74, 6) is 0. The zero-order valence-corrected chi connectivity index (χ0v) is 6.54. The Morgan fingerprint density at radius 1 is 1.44 bits per heavy atom. The highest BCUT2D eigenvalue weighted by atomic mass is 14.8. The monoisotopic (exact) mass is 127 g/mol. The van der Waals surface area contributed by atoms with Gasteiger partial charge in [0, 0.05) is 6.54 Å². The van der Waals surface area contributed by atoms with Crippen LogP contribution < -0.4 is 5.32 Å². The van der Waals surface area contributed by atoms with Crippen molar-refractivity contribution in [1.29, 1.82) is 0 Å². The minimum Gasteiger partial charge on any atom is -0.319 e. The third kappa shape index (κ3) is 1.26. The standard InChI is InChI=1S/C8H17N/c1-3-8(7-9-2)5-4-6-8/h9H,3-7H2,1-2H3. The predicted molar refractivity (Wildman–Crippen MR) is 40.5 cm³/mol. The van der Waals surface area contributed by atoms with Gasteiger partial charge in [-0.2, -0.15) is 0 Å². The van der Waals surface area contributed by atoms with Crippen LogP contribution in [0, 0.1) is 5.41 Å². The first kappa shape index (κ1) is 7.07. The van der Waals surface area contributed by atoms with Crippen LogP contribution in [0.2, 0.25) is 0 Å². The maximum absolute atomic E-state index is 3.26. The zero-order valence-electron chi connectivity index (χ0n) is 6.54. The summed E-state index contributed by atoms with van der Waals surface area (Å²) in [5, 5.41) is 3.26. The highest BCUT2D eigenvalue weighted by Crippen LogP contribution is 2.42. The van der Waals surface area contributed by atoms with Crippen molar-refractivity contribution in [3.8, 4) is 0 Å². The molecule has 0 radical (unpaired) electrons. The van der Waals surface area contributed by atoms with E-state index in [1.54, 1.807) is 0 Å². The number of hydrogen-bond acceptors (Lipinski definition) is 1. The summed E-state index contributed by atoms with van der Waals surface area (Å²) in [6, 6.07) is 0. The van der Waals surface area contributed by atoms with Gasteiger partial charge < -0.3 is 5.32 Å². The van der Waals surface area contributed by atoms with Gasteiger partial charge >= 0.3 is 0 Å². The van der Waals surface area contributed by atoms with E-state index in [4.69, 9.17) is 0 Å². The smallest absolute Gasteiger partial charge is 0.000470 e. The van der Waals surface area contributed by atoms with E-state index in [2.05, 4.69) is 19.3 Å². The molecule has 0 unspecified atom stereocenters. The molecule has 1 saturated carbocycles. The average molecular weight is 127 g/mol. The third-order valence-electron chi connectivity index (χ3n) is 2.72. The summed E-state index contributed by atoms with van der Waals surface area (Å²) >= 11 is 0. The molecule has 0 aliphatic heterocycles. The molecule has 0 aromatic heterocycles. The number of rotatable bonds is 3. The van der Waals surface area contributed by atoms with Gasteiger partial charge in [-0.1, -0.05) is 13.3 Å². The maximum atomic E-state index is 3.26. The highest BCUT2D eigenvalue weighted by Gasteiger charge is 2.33. The predicted octanol–water partition coefficient (Wildman–Crippen LogP) is 1.79. The summed E-state index contributed by atoms with van der Waals surface area (Å²) in [5.41, 5.74) is 0.703. The van der Waals surface area contributed by atoms with E-state index in [9.17, 15) is 0 Å². The lowest BCUT2D eigenvalue weighted by Crippen LogP contribution is -2.37. The lowest BCUT2D eigenvalue weighted by molar-refractivity contribution is 0.127. The molecule has 1 aliphatic carbocycles. The molecule has 0 heterocycles. The summed E-state index contributed by atoms with van der Waals surface area (Å²) in [6.07, 6.45) is 5.71. The van der Waals surface area contributed by atoms with Crippen LogP contribution >= 0.6 is 0 Å². The molecule has 1 aliphatic rings. The summed E-state index contributed by atoms with van der Waals surface area (Å²) in [6.45, 7) is 3.53. The first-order valence-corrected chi connectivity index (χ1v) is 3.97. The van der Waals surface area contributed by atoms with E-state index in [0.717, 1.165) is 0 Å². The topological polar surface area (TPSA) is 12.0 Å². The minimum atomic E-state index is 0.703. The highest BCUT2D eigenvalue weighted by molar-refractivity contribution is 4.87. The molecular weight excluding hydrogens is 110 g/mol. The van der Waals surface area contributed by atoms with Crippen molar-refractivity contribution >= 4 is 0 Å². The second kappa shape index (κ2) is 2.70. The van der Waals surface area contributed by atoms with Gasteiger partial charge in [-0.3, -0.25) is 0 Å². The van der Waals surface area contributed by atoms with Gasteiger partial charge in [-0.15, -0.1) is 0 Å². The Hall–Kier alpha value is -0.0400. The molecule has 0 spiro atoms. The molecule has 1 heteroatoms. The van der Waals surface area contributed by atoms with Crippen LogP contribution in [0.5, 0.6) is 0 Å². The van der Waals surface area contributed by atoms with E-state index in [1.807, 2.05) is 0 Å². The fourth-order valence-corrected chi connectivity index (χ4v) is 1.71. The van der Waals surface area contributed by atoms with Gasteiger partial charge in [0.1, 0.15) is 0 Å². The van der Waals surface area contributed by atoms with Crippen LogP contribution in [0.25, 0.3) is 0 Å². The molecule has 1 nitrogen and oxygen atoms in total. The molecule has 1 rings (SSSR count). The molecule has 1 fully saturated rings. The van der Waals surface area contributed by atoms with Crippen molar-refractivity contribution in [3.05, 3.63) is 0 Å². The quantitative estimate of drug-likeness (QED) is 0.609. The molecular formula is C8H17N. The molecule has 0 aromatic carbocycles. The first-order chi connectivity index (χ1) is 4.33. The van der Waals surface area contributed by atoms with Gasteiger partial charge in [-0.25, -0.2) is 0 Å². The molecule has 9 heavy (non-hydrogen) atoms. The Kier molecular flexibility index (Phi) is 2.12. The molecule has 0 saturated heterocycles. The number of hydrogen-bond donors (Lipinski definition) is 1. The molecule has 0 amide bonds.